The highest BCUT2D eigenvalue weighted by Crippen LogP contribution is 2.22. The molecule has 2 atom stereocenters. The number of aryl methyl sites for hydroxylation is 1. The molecule has 0 amide bonds. The number of hydrogen-bond donors (Lipinski definition) is 1. The Morgan fingerprint density at radius 2 is 2.64 bits per heavy atom. The molecule has 0 aromatic carbocycles. The van der Waals surface area contributed by atoms with E-state index in [4.69, 9.17) is 10.5 Å². The van der Waals surface area contributed by atoms with Gasteiger partial charge in [-0.1, -0.05) is 0 Å². The van der Waals surface area contributed by atoms with Gasteiger partial charge in [-0.3, -0.25) is 4.68 Å². The fraction of sp³-hybridized carbons (Fsp3) is 0.700. The van der Waals surface area contributed by atoms with E-state index in [2.05, 4.69) is 5.10 Å². The number of ether oxygens (including phenoxy) is 1. The first-order valence-corrected chi connectivity index (χ1v) is 5.11. The van der Waals surface area contributed by atoms with Gasteiger partial charge in [0.1, 0.15) is 0 Å². The monoisotopic (exact) mass is 195 g/mol. The standard InChI is InChI=1S/C10H17N3O/c1-13-7-8(6-12-13)10(11)5-9-3-2-4-14-9/h6-7,9-10H,2-5,11H2,1H3. The van der Waals surface area contributed by atoms with Crippen LogP contribution in [0.4, 0.5) is 0 Å². The molecule has 78 valence electrons. The van der Waals surface area contributed by atoms with Crippen LogP contribution in [0, 0.1) is 0 Å². The minimum absolute atomic E-state index is 0.0619. The molecule has 0 radical (unpaired) electrons. The maximum Gasteiger partial charge on any atom is 0.0594 e. The summed E-state index contributed by atoms with van der Waals surface area (Å²) in [6, 6.07) is 0.0619. The zero-order valence-corrected chi connectivity index (χ0v) is 8.52. The van der Waals surface area contributed by atoms with Gasteiger partial charge in [-0.2, -0.15) is 5.10 Å². The van der Waals surface area contributed by atoms with E-state index in [1.807, 2.05) is 19.4 Å². The first-order valence-electron chi connectivity index (χ1n) is 5.11. The molecule has 14 heavy (non-hydrogen) atoms. The van der Waals surface area contributed by atoms with Crippen molar-refractivity contribution in [3.8, 4) is 0 Å². The fourth-order valence-electron chi connectivity index (χ4n) is 1.88. The van der Waals surface area contributed by atoms with E-state index in [1.54, 1.807) is 4.68 Å². The van der Waals surface area contributed by atoms with Crippen molar-refractivity contribution >= 4 is 0 Å². The van der Waals surface area contributed by atoms with Crippen molar-refractivity contribution in [3.05, 3.63) is 18.0 Å². The minimum atomic E-state index is 0.0619. The topological polar surface area (TPSA) is 53.1 Å². The maximum atomic E-state index is 6.05. The molecule has 1 fully saturated rings. The fourth-order valence-corrected chi connectivity index (χ4v) is 1.88. The number of nitrogens with zero attached hydrogens (tertiary/aromatic N) is 2. The first kappa shape index (κ1) is 9.68. The van der Waals surface area contributed by atoms with Gasteiger partial charge >= 0.3 is 0 Å². The molecule has 1 saturated heterocycles. The Bertz CT molecular complexity index is 291. The van der Waals surface area contributed by atoms with Crippen LogP contribution in [0.1, 0.15) is 30.9 Å². The molecule has 0 spiro atoms. The van der Waals surface area contributed by atoms with Crippen LogP contribution in [-0.4, -0.2) is 22.5 Å². The first-order chi connectivity index (χ1) is 6.75. The highest BCUT2D eigenvalue weighted by Gasteiger charge is 2.20. The zero-order chi connectivity index (χ0) is 9.97. The molecule has 2 N–H and O–H groups in total. The molecule has 2 rings (SSSR count). The van der Waals surface area contributed by atoms with Crippen LogP contribution in [0.3, 0.4) is 0 Å². The SMILES string of the molecule is Cn1cc(C(N)CC2CCCO2)cn1. The van der Waals surface area contributed by atoms with Crippen molar-refractivity contribution in [2.75, 3.05) is 6.61 Å². The third kappa shape index (κ3) is 2.13. The molecule has 0 bridgehead atoms. The summed E-state index contributed by atoms with van der Waals surface area (Å²) in [6.45, 7) is 0.893. The third-order valence-electron chi connectivity index (χ3n) is 2.69. The van der Waals surface area contributed by atoms with Crippen molar-refractivity contribution < 1.29 is 4.74 Å². The second-order valence-electron chi connectivity index (χ2n) is 3.92. The van der Waals surface area contributed by atoms with Gasteiger partial charge in [-0.25, -0.2) is 0 Å². The van der Waals surface area contributed by atoms with Gasteiger partial charge in [0, 0.05) is 31.5 Å². The average Bonchev–Trinajstić information content (AvgIpc) is 2.75. The van der Waals surface area contributed by atoms with Crippen LogP contribution in [-0.2, 0) is 11.8 Å². The summed E-state index contributed by atoms with van der Waals surface area (Å²) in [7, 11) is 1.91. The summed E-state index contributed by atoms with van der Waals surface area (Å²) < 4.78 is 7.33. The average molecular weight is 195 g/mol. The molecule has 4 nitrogen and oxygen atoms in total. The lowest BCUT2D eigenvalue weighted by atomic mass is 10.0. The highest BCUT2D eigenvalue weighted by atomic mass is 16.5. The van der Waals surface area contributed by atoms with Gasteiger partial charge < -0.3 is 10.5 Å². The smallest absolute Gasteiger partial charge is 0.0594 e. The normalized spacial score (nSPS) is 24.0. The Morgan fingerprint density at radius 1 is 1.79 bits per heavy atom. The van der Waals surface area contributed by atoms with Crippen LogP contribution in [0.15, 0.2) is 12.4 Å². The lowest BCUT2D eigenvalue weighted by molar-refractivity contribution is 0.0983. The van der Waals surface area contributed by atoms with E-state index < -0.39 is 0 Å². The van der Waals surface area contributed by atoms with Crippen LogP contribution in [0.25, 0.3) is 0 Å². The van der Waals surface area contributed by atoms with Crippen molar-refractivity contribution in [3.63, 3.8) is 0 Å². The van der Waals surface area contributed by atoms with Crippen LogP contribution >= 0.6 is 0 Å². The van der Waals surface area contributed by atoms with Gasteiger partial charge in [-0.05, 0) is 19.3 Å². The Balaban J connectivity index is 1.91. The Labute approximate surface area is 84.0 Å². The van der Waals surface area contributed by atoms with Crippen LogP contribution in [0.2, 0.25) is 0 Å². The molecule has 2 heterocycles. The van der Waals surface area contributed by atoms with Gasteiger partial charge in [0.2, 0.25) is 0 Å². The molecule has 1 aromatic heterocycles. The summed E-state index contributed by atoms with van der Waals surface area (Å²) in [6.07, 6.45) is 7.38. The summed E-state index contributed by atoms with van der Waals surface area (Å²) in [5.74, 6) is 0. The largest absolute Gasteiger partial charge is 0.378 e. The van der Waals surface area contributed by atoms with Gasteiger partial charge in [-0.15, -0.1) is 0 Å². The molecular formula is C10H17N3O. The summed E-state index contributed by atoms with van der Waals surface area (Å²) >= 11 is 0. The molecule has 4 heteroatoms. The quantitative estimate of drug-likeness (QED) is 0.782. The Hall–Kier alpha value is -0.870. The van der Waals surface area contributed by atoms with E-state index >= 15 is 0 Å². The Kier molecular flexibility index (Phi) is 2.84. The molecule has 1 aliphatic heterocycles. The van der Waals surface area contributed by atoms with E-state index in [-0.39, 0.29) is 6.04 Å². The third-order valence-corrected chi connectivity index (χ3v) is 2.69. The lowest BCUT2D eigenvalue weighted by Gasteiger charge is -2.14. The van der Waals surface area contributed by atoms with Crippen LogP contribution in [0.5, 0.6) is 0 Å². The van der Waals surface area contributed by atoms with E-state index in [1.165, 1.54) is 6.42 Å². The number of aromatic nitrogens is 2. The molecule has 2 unspecified atom stereocenters. The molecule has 1 aromatic rings. The second-order valence-corrected chi connectivity index (χ2v) is 3.92. The maximum absolute atomic E-state index is 6.05. The summed E-state index contributed by atoms with van der Waals surface area (Å²) in [5, 5.41) is 4.11. The van der Waals surface area contributed by atoms with E-state index in [9.17, 15) is 0 Å². The number of nitrogens with two attached hydrogens (primary N) is 1. The van der Waals surface area contributed by atoms with Crippen molar-refractivity contribution in [2.24, 2.45) is 12.8 Å². The summed E-state index contributed by atoms with van der Waals surface area (Å²) in [5.41, 5.74) is 7.15. The van der Waals surface area contributed by atoms with Crippen molar-refractivity contribution in [1.82, 2.24) is 9.78 Å². The van der Waals surface area contributed by atoms with Gasteiger partial charge in [0.15, 0.2) is 0 Å². The Morgan fingerprint density at radius 3 is 3.21 bits per heavy atom. The number of hydrogen-bond acceptors (Lipinski definition) is 3. The molecule has 0 aliphatic carbocycles. The molecule has 1 aliphatic rings. The lowest BCUT2D eigenvalue weighted by Crippen LogP contribution is -2.17. The van der Waals surface area contributed by atoms with Crippen LogP contribution < -0.4 is 5.73 Å². The molecular weight excluding hydrogens is 178 g/mol. The predicted molar refractivity (Wildman–Crippen MR) is 53.7 cm³/mol. The van der Waals surface area contributed by atoms with Crippen molar-refractivity contribution in [2.45, 2.75) is 31.4 Å². The highest BCUT2D eigenvalue weighted by molar-refractivity contribution is 5.09. The minimum Gasteiger partial charge on any atom is -0.378 e. The van der Waals surface area contributed by atoms with Crippen molar-refractivity contribution in [1.29, 1.82) is 0 Å². The van der Waals surface area contributed by atoms with Gasteiger partial charge in [0.05, 0.1) is 12.3 Å². The van der Waals surface area contributed by atoms with E-state index in [0.717, 1.165) is 25.0 Å². The summed E-state index contributed by atoms with van der Waals surface area (Å²) in [4.78, 5) is 0. The second kappa shape index (κ2) is 4.11. The number of rotatable bonds is 3. The van der Waals surface area contributed by atoms with Gasteiger partial charge in [0.25, 0.3) is 0 Å². The van der Waals surface area contributed by atoms with E-state index in [0.29, 0.717) is 6.10 Å². The molecule has 0 saturated carbocycles. The zero-order valence-electron chi connectivity index (χ0n) is 8.52. The predicted octanol–water partition coefficient (Wildman–Crippen LogP) is 0.989.